The van der Waals surface area contributed by atoms with Crippen LogP contribution in [-0.4, -0.2) is 33.8 Å². The number of hydrogen-bond acceptors (Lipinski definition) is 5. The van der Waals surface area contributed by atoms with Crippen molar-refractivity contribution >= 4 is 33.4 Å². The summed E-state index contributed by atoms with van der Waals surface area (Å²) < 4.78 is 31.2. The second-order valence-electron chi connectivity index (χ2n) is 6.47. The molecule has 2 aromatic rings. The number of ether oxygens (including phenoxy) is 1. The summed E-state index contributed by atoms with van der Waals surface area (Å²) in [6.45, 7) is 7.26. The number of hydrogen-bond donors (Lipinski definition) is 1. The maximum atomic E-state index is 12.5. The van der Waals surface area contributed by atoms with Crippen LogP contribution in [0.5, 0.6) is 0 Å². The molecular weight excluding hydrogens is 402 g/mol. The molecule has 0 radical (unpaired) electrons. The molecule has 1 N–H and O–H groups in total. The zero-order chi connectivity index (χ0) is 21.2. The zero-order valence-corrected chi connectivity index (χ0v) is 17.9. The second-order valence-corrected chi connectivity index (χ2v) is 8.73. The van der Waals surface area contributed by atoms with Crippen LogP contribution in [0.1, 0.15) is 43.0 Å². The van der Waals surface area contributed by atoms with Crippen molar-refractivity contribution in [2.24, 2.45) is 0 Å². The molecule has 0 unspecified atom stereocenters. The third kappa shape index (κ3) is 4.43. The lowest BCUT2D eigenvalue weighted by Gasteiger charge is -2.14. The molecule has 0 aliphatic rings. The predicted octanol–water partition coefficient (Wildman–Crippen LogP) is 3.52. The minimum atomic E-state index is -3.84. The van der Waals surface area contributed by atoms with E-state index in [1.165, 1.54) is 19.2 Å². The summed E-state index contributed by atoms with van der Waals surface area (Å²) in [5, 5.41) is -0.0248. The van der Waals surface area contributed by atoms with Crippen LogP contribution in [0.4, 0.5) is 0 Å². The van der Waals surface area contributed by atoms with E-state index in [0.29, 0.717) is 5.56 Å². The lowest BCUT2D eigenvalue weighted by Crippen LogP contribution is -2.20. The Bertz CT molecular complexity index is 1060. The largest absolute Gasteiger partial charge is 0.454 e. The monoisotopic (exact) mass is 423 g/mol. The van der Waals surface area contributed by atoms with Gasteiger partial charge in [-0.15, -0.1) is 0 Å². The molecule has 6 nitrogen and oxygen atoms in total. The maximum Gasteiger partial charge on any atom is 0.338 e. The molecule has 2 aromatic carbocycles. The Kier molecular flexibility index (Phi) is 6.64. The summed E-state index contributed by atoms with van der Waals surface area (Å²) in [7, 11) is -2.60. The first-order valence-corrected chi connectivity index (χ1v) is 10.4. The van der Waals surface area contributed by atoms with Gasteiger partial charge in [0.1, 0.15) is 4.90 Å². The summed E-state index contributed by atoms with van der Waals surface area (Å²) in [6.07, 6.45) is 0. The summed E-state index contributed by atoms with van der Waals surface area (Å²) in [5.74, 6) is -1.13. The van der Waals surface area contributed by atoms with Gasteiger partial charge < -0.3 is 4.74 Å². The number of carbonyl (C=O) groups excluding carboxylic acids is 2. The van der Waals surface area contributed by atoms with E-state index in [1.54, 1.807) is 6.07 Å². The highest BCUT2D eigenvalue weighted by Gasteiger charge is 2.20. The van der Waals surface area contributed by atoms with Gasteiger partial charge in [0.2, 0.25) is 15.8 Å². The van der Waals surface area contributed by atoms with Crippen molar-refractivity contribution in [3.8, 4) is 0 Å². The topological polar surface area (TPSA) is 89.5 Å². The number of Topliss-reactive ketones (excluding diaryl/α,β-unsaturated/α-hetero) is 1. The van der Waals surface area contributed by atoms with E-state index in [-0.39, 0.29) is 21.3 Å². The lowest BCUT2D eigenvalue weighted by molar-refractivity contribution is 0.0474. The fraction of sp³-hybridized carbons (Fsp3) is 0.300. The summed E-state index contributed by atoms with van der Waals surface area (Å²) in [4.78, 5) is 24.6. The molecule has 0 spiro atoms. The van der Waals surface area contributed by atoms with Gasteiger partial charge in [-0.2, -0.15) is 0 Å². The van der Waals surface area contributed by atoms with Crippen molar-refractivity contribution in [1.29, 1.82) is 0 Å². The van der Waals surface area contributed by atoms with E-state index in [0.717, 1.165) is 28.3 Å². The Morgan fingerprint density at radius 2 is 1.68 bits per heavy atom. The number of halogens is 1. The third-order valence-electron chi connectivity index (χ3n) is 4.84. The van der Waals surface area contributed by atoms with E-state index in [2.05, 4.69) is 4.72 Å². The number of carbonyl (C=O) groups is 2. The van der Waals surface area contributed by atoms with Crippen molar-refractivity contribution < 1.29 is 22.7 Å². The van der Waals surface area contributed by atoms with E-state index in [4.69, 9.17) is 16.3 Å². The van der Waals surface area contributed by atoms with Gasteiger partial charge in [-0.25, -0.2) is 17.9 Å². The number of sulfonamides is 1. The smallest absolute Gasteiger partial charge is 0.338 e. The number of rotatable bonds is 6. The maximum absolute atomic E-state index is 12.5. The number of ketones is 1. The first-order valence-electron chi connectivity index (χ1n) is 8.50. The van der Waals surface area contributed by atoms with Crippen molar-refractivity contribution in [3.63, 3.8) is 0 Å². The van der Waals surface area contributed by atoms with Gasteiger partial charge >= 0.3 is 5.97 Å². The van der Waals surface area contributed by atoms with Crippen molar-refractivity contribution in [2.75, 3.05) is 13.7 Å². The van der Waals surface area contributed by atoms with E-state index in [9.17, 15) is 18.0 Å². The Morgan fingerprint density at radius 1 is 1.04 bits per heavy atom. The Labute approximate surface area is 169 Å². The van der Waals surface area contributed by atoms with E-state index >= 15 is 0 Å². The molecule has 0 amide bonds. The number of esters is 1. The van der Waals surface area contributed by atoms with Gasteiger partial charge in [0, 0.05) is 5.56 Å². The Hall–Kier alpha value is -2.22. The molecule has 0 atom stereocenters. The van der Waals surface area contributed by atoms with Crippen molar-refractivity contribution in [2.45, 2.75) is 32.6 Å². The van der Waals surface area contributed by atoms with Gasteiger partial charge in [0.15, 0.2) is 6.61 Å². The molecule has 0 fully saturated rings. The number of aryl methyl sites for hydroxylation is 1. The molecule has 0 saturated carbocycles. The highest BCUT2D eigenvalue weighted by molar-refractivity contribution is 7.89. The molecule has 150 valence electrons. The van der Waals surface area contributed by atoms with Crippen LogP contribution in [0.3, 0.4) is 0 Å². The summed E-state index contributed by atoms with van der Waals surface area (Å²) >= 11 is 5.91. The fourth-order valence-electron chi connectivity index (χ4n) is 2.74. The highest BCUT2D eigenvalue weighted by atomic mass is 35.5. The predicted molar refractivity (Wildman–Crippen MR) is 108 cm³/mol. The minimum Gasteiger partial charge on any atom is -0.454 e. The van der Waals surface area contributed by atoms with Crippen molar-refractivity contribution in [1.82, 2.24) is 4.72 Å². The zero-order valence-electron chi connectivity index (χ0n) is 16.3. The highest BCUT2D eigenvalue weighted by Crippen LogP contribution is 2.24. The van der Waals surface area contributed by atoms with Crippen LogP contribution in [0.25, 0.3) is 0 Å². The first-order chi connectivity index (χ1) is 13.0. The number of benzene rings is 2. The average Bonchev–Trinajstić information content (AvgIpc) is 2.67. The molecular formula is C20H22ClNO5S. The van der Waals surface area contributed by atoms with Crippen LogP contribution in [-0.2, 0) is 14.8 Å². The third-order valence-corrected chi connectivity index (χ3v) is 6.74. The normalized spacial score (nSPS) is 11.4. The van der Waals surface area contributed by atoms with Gasteiger partial charge in [0.25, 0.3) is 0 Å². The van der Waals surface area contributed by atoms with Gasteiger partial charge in [-0.3, -0.25) is 4.79 Å². The Morgan fingerprint density at radius 3 is 2.29 bits per heavy atom. The standard InChI is InChI=1S/C20H22ClNO5S/c1-11-8-16(14(4)13(3)12(11)2)18(23)10-27-20(24)15-6-7-17(21)19(9-15)28(25,26)22-5/h6-9,22H,10H2,1-5H3. The molecule has 2 rings (SSSR count). The lowest BCUT2D eigenvalue weighted by atomic mass is 9.93. The van der Waals surface area contributed by atoms with Gasteiger partial charge in [-0.05, 0) is 81.3 Å². The van der Waals surface area contributed by atoms with Crippen LogP contribution in [0, 0.1) is 27.7 Å². The molecule has 0 saturated heterocycles. The first kappa shape index (κ1) is 22.1. The van der Waals surface area contributed by atoms with Crippen LogP contribution >= 0.6 is 11.6 Å². The molecule has 0 aliphatic carbocycles. The molecule has 0 aromatic heterocycles. The molecule has 0 heterocycles. The van der Waals surface area contributed by atoms with Crippen LogP contribution in [0.2, 0.25) is 5.02 Å². The van der Waals surface area contributed by atoms with Gasteiger partial charge in [-0.1, -0.05) is 11.6 Å². The number of nitrogens with one attached hydrogen (secondary N) is 1. The Balaban J connectivity index is 2.22. The fourth-order valence-corrected chi connectivity index (χ4v) is 3.99. The molecule has 28 heavy (non-hydrogen) atoms. The van der Waals surface area contributed by atoms with E-state index in [1.807, 2.05) is 27.7 Å². The summed E-state index contributed by atoms with van der Waals surface area (Å²) in [6, 6.07) is 5.54. The quantitative estimate of drug-likeness (QED) is 0.567. The SMILES string of the molecule is CNS(=O)(=O)c1cc(C(=O)OCC(=O)c2cc(C)c(C)c(C)c2C)ccc1Cl. The van der Waals surface area contributed by atoms with Crippen LogP contribution in [0.15, 0.2) is 29.2 Å². The van der Waals surface area contributed by atoms with Crippen LogP contribution < -0.4 is 4.72 Å². The summed E-state index contributed by atoms with van der Waals surface area (Å²) in [5.41, 5.74) is 4.46. The minimum absolute atomic E-state index is 0.0148. The molecule has 8 heteroatoms. The van der Waals surface area contributed by atoms with E-state index < -0.39 is 22.6 Å². The van der Waals surface area contributed by atoms with Gasteiger partial charge in [0.05, 0.1) is 10.6 Å². The molecule has 0 aliphatic heterocycles. The second kappa shape index (κ2) is 8.43. The van der Waals surface area contributed by atoms with Crippen molar-refractivity contribution in [3.05, 3.63) is 62.7 Å². The molecule has 0 bridgehead atoms. The average molecular weight is 424 g/mol.